The molecule has 0 bridgehead atoms. The first-order valence-electron chi connectivity index (χ1n) is 10.0. The number of fused-ring (bicyclic) bond motifs is 3. The van der Waals surface area contributed by atoms with Crippen molar-refractivity contribution in [2.75, 3.05) is 6.61 Å². The average molecular weight is 408 g/mol. The third-order valence-corrected chi connectivity index (χ3v) is 5.01. The van der Waals surface area contributed by atoms with Crippen molar-refractivity contribution in [1.29, 1.82) is 0 Å². The van der Waals surface area contributed by atoms with Gasteiger partial charge in [-0.15, -0.1) is 0 Å². The van der Waals surface area contributed by atoms with Crippen LogP contribution in [0.25, 0.3) is 11.3 Å². The van der Waals surface area contributed by atoms with Gasteiger partial charge in [-0.2, -0.15) is 0 Å². The van der Waals surface area contributed by atoms with Crippen molar-refractivity contribution in [3.63, 3.8) is 0 Å². The van der Waals surface area contributed by atoms with Crippen molar-refractivity contribution in [2.45, 2.75) is 39.3 Å². The Balaban J connectivity index is 1.54. The van der Waals surface area contributed by atoms with Crippen LogP contribution in [0.15, 0.2) is 47.5 Å². The Kier molecular flexibility index (Phi) is 5.65. The number of nitrogens with one attached hydrogen (secondary N) is 1. The second kappa shape index (κ2) is 8.52. The van der Waals surface area contributed by atoms with E-state index in [0.717, 1.165) is 17.5 Å². The SMILES string of the molecule is CC(C)COC(=O)[C@H](Cn1ccnc1)NC(=O)c1noc2c1CCc1ccccc1-2. The molecule has 8 nitrogen and oxygen atoms in total. The van der Waals surface area contributed by atoms with Gasteiger partial charge in [0.15, 0.2) is 11.5 Å². The van der Waals surface area contributed by atoms with Crippen LogP contribution in [0.3, 0.4) is 0 Å². The molecule has 2 heterocycles. The molecule has 2 aromatic heterocycles. The molecule has 30 heavy (non-hydrogen) atoms. The predicted molar refractivity (Wildman–Crippen MR) is 109 cm³/mol. The van der Waals surface area contributed by atoms with Gasteiger partial charge >= 0.3 is 5.97 Å². The lowest BCUT2D eigenvalue weighted by atomic mass is 9.89. The van der Waals surface area contributed by atoms with E-state index >= 15 is 0 Å². The number of benzene rings is 1. The van der Waals surface area contributed by atoms with Gasteiger partial charge < -0.3 is 19.1 Å². The number of aryl methyl sites for hydroxylation is 1. The zero-order valence-electron chi connectivity index (χ0n) is 17.0. The number of nitrogens with zero attached hydrogens (tertiary/aromatic N) is 3. The molecule has 156 valence electrons. The molecular weight excluding hydrogens is 384 g/mol. The first-order valence-corrected chi connectivity index (χ1v) is 10.0. The van der Waals surface area contributed by atoms with E-state index in [-0.39, 0.29) is 24.8 Å². The lowest BCUT2D eigenvalue weighted by Gasteiger charge is -2.19. The van der Waals surface area contributed by atoms with Gasteiger partial charge in [0, 0.05) is 23.5 Å². The molecular formula is C22H24N4O4. The summed E-state index contributed by atoms with van der Waals surface area (Å²) in [5.41, 5.74) is 3.11. The Morgan fingerprint density at radius 3 is 2.87 bits per heavy atom. The second-order valence-corrected chi connectivity index (χ2v) is 7.81. The number of hydrogen-bond acceptors (Lipinski definition) is 6. The number of ether oxygens (including phenoxy) is 1. The first-order chi connectivity index (χ1) is 14.5. The molecule has 0 radical (unpaired) electrons. The number of carbonyl (C=O) groups excluding carboxylic acids is 2. The van der Waals surface area contributed by atoms with Crippen LogP contribution >= 0.6 is 0 Å². The van der Waals surface area contributed by atoms with E-state index in [0.29, 0.717) is 12.2 Å². The minimum atomic E-state index is -0.867. The summed E-state index contributed by atoms with van der Waals surface area (Å²) in [4.78, 5) is 29.6. The Morgan fingerprint density at radius 2 is 2.10 bits per heavy atom. The highest BCUT2D eigenvalue weighted by Gasteiger charge is 2.30. The quantitative estimate of drug-likeness (QED) is 0.604. The predicted octanol–water partition coefficient (Wildman–Crippen LogP) is 2.63. The molecule has 1 aliphatic rings. The molecule has 0 fully saturated rings. The molecule has 0 unspecified atom stereocenters. The summed E-state index contributed by atoms with van der Waals surface area (Å²) in [6, 6.07) is 7.06. The summed E-state index contributed by atoms with van der Waals surface area (Å²) >= 11 is 0. The number of esters is 1. The Labute approximate surface area is 174 Å². The topological polar surface area (TPSA) is 99.2 Å². The van der Waals surface area contributed by atoms with Gasteiger partial charge in [0.25, 0.3) is 5.91 Å². The minimum absolute atomic E-state index is 0.196. The van der Waals surface area contributed by atoms with Gasteiger partial charge in [-0.25, -0.2) is 9.78 Å². The minimum Gasteiger partial charge on any atom is -0.464 e. The zero-order valence-corrected chi connectivity index (χ0v) is 17.0. The van der Waals surface area contributed by atoms with Crippen LogP contribution in [0, 0.1) is 5.92 Å². The monoisotopic (exact) mass is 408 g/mol. The fraction of sp³-hybridized carbons (Fsp3) is 0.364. The summed E-state index contributed by atoms with van der Waals surface area (Å²) in [7, 11) is 0. The van der Waals surface area contributed by atoms with Crippen LogP contribution < -0.4 is 5.32 Å². The van der Waals surface area contributed by atoms with Gasteiger partial charge in [-0.3, -0.25) is 4.79 Å². The number of aromatic nitrogens is 3. The van der Waals surface area contributed by atoms with Crippen LogP contribution in [-0.4, -0.2) is 39.2 Å². The average Bonchev–Trinajstić information content (AvgIpc) is 3.41. The van der Waals surface area contributed by atoms with Gasteiger partial charge in [-0.1, -0.05) is 43.3 Å². The third-order valence-electron chi connectivity index (χ3n) is 5.01. The fourth-order valence-corrected chi connectivity index (χ4v) is 3.51. The molecule has 1 amide bonds. The Bertz CT molecular complexity index is 1040. The first kappa shape index (κ1) is 19.9. The summed E-state index contributed by atoms with van der Waals surface area (Å²) in [5.74, 6) is -0.129. The van der Waals surface area contributed by atoms with Crippen LogP contribution in [0.4, 0.5) is 0 Å². The van der Waals surface area contributed by atoms with Crippen molar-refractivity contribution in [3.8, 4) is 11.3 Å². The maximum Gasteiger partial charge on any atom is 0.330 e. The van der Waals surface area contributed by atoms with E-state index in [2.05, 4.69) is 15.5 Å². The second-order valence-electron chi connectivity index (χ2n) is 7.81. The summed E-state index contributed by atoms with van der Waals surface area (Å²) in [6.07, 6.45) is 6.39. The van der Waals surface area contributed by atoms with Gasteiger partial charge in [0.2, 0.25) is 0 Å². The number of hydrogen-bond donors (Lipinski definition) is 1. The maximum atomic E-state index is 13.0. The standard InChI is InChI=1S/C22H24N4O4/c1-14(2)12-29-22(28)18(11-26-10-9-23-13-26)24-21(27)19-17-8-7-15-5-3-4-6-16(15)20(17)30-25-19/h3-6,9-10,13-14,18H,7-8,11-12H2,1-2H3,(H,24,27)/t18-/m0/s1. The molecule has 0 spiro atoms. The fourth-order valence-electron chi connectivity index (χ4n) is 3.51. The van der Waals surface area contributed by atoms with E-state index in [4.69, 9.17) is 9.26 Å². The molecule has 3 aromatic rings. The largest absolute Gasteiger partial charge is 0.464 e. The van der Waals surface area contributed by atoms with Crippen molar-refractivity contribution in [1.82, 2.24) is 20.0 Å². The molecule has 4 rings (SSSR count). The molecule has 0 saturated carbocycles. The smallest absolute Gasteiger partial charge is 0.330 e. The van der Waals surface area contributed by atoms with Crippen molar-refractivity contribution in [3.05, 3.63) is 59.8 Å². The number of amides is 1. The highest BCUT2D eigenvalue weighted by molar-refractivity contribution is 5.97. The zero-order chi connectivity index (χ0) is 21.1. The van der Waals surface area contributed by atoms with Crippen molar-refractivity contribution < 1.29 is 18.8 Å². The van der Waals surface area contributed by atoms with Gasteiger partial charge in [0.1, 0.15) is 6.04 Å². The molecule has 1 atom stereocenters. The van der Waals surface area contributed by atoms with Crippen LogP contribution in [0.1, 0.15) is 35.5 Å². The third kappa shape index (κ3) is 4.12. The molecule has 0 saturated heterocycles. The van der Waals surface area contributed by atoms with E-state index in [9.17, 15) is 9.59 Å². The summed E-state index contributed by atoms with van der Waals surface area (Å²) < 4.78 is 12.6. The summed E-state index contributed by atoms with van der Waals surface area (Å²) in [6.45, 7) is 4.41. The van der Waals surface area contributed by atoms with Gasteiger partial charge in [0.05, 0.1) is 19.5 Å². The van der Waals surface area contributed by atoms with E-state index in [1.807, 2.05) is 38.1 Å². The van der Waals surface area contributed by atoms with Crippen LogP contribution in [-0.2, 0) is 28.9 Å². The molecule has 1 N–H and O–H groups in total. The molecule has 1 aliphatic carbocycles. The van der Waals surface area contributed by atoms with Crippen molar-refractivity contribution in [2.24, 2.45) is 5.92 Å². The number of imidazole rings is 1. The summed E-state index contributed by atoms with van der Waals surface area (Å²) in [5, 5.41) is 6.79. The molecule has 0 aliphatic heterocycles. The van der Waals surface area contributed by atoms with E-state index < -0.39 is 17.9 Å². The molecule has 1 aromatic carbocycles. The normalized spacial score (nSPS) is 13.4. The Hall–Kier alpha value is -3.42. The van der Waals surface area contributed by atoms with Gasteiger partial charge in [-0.05, 0) is 24.3 Å². The lowest BCUT2D eigenvalue weighted by molar-refractivity contribution is -0.147. The van der Waals surface area contributed by atoms with Crippen LogP contribution in [0.2, 0.25) is 0 Å². The van der Waals surface area contributed by atoms with E-state index in [1.165, 1.54) is 5.56 Å². The number of rotatable bonds is 7. The Morgan fingerprint density at radius 1 is 1.27 bits per heavy atom. The van der Waals surface area contributed by atoms with Crippen LogP contribution in [0.5, 0.6) is 0 Å². The van der Waals surface area contributed by atoms with Crippen molar-refractivity contribution >= 4 is 11.9 Å². The maximum absolute atomic E-state index is 13.0. The number of carbonyl (C=O) groups is 2. The van der Waals surface area contributed by atoms with E-state index in [1.54, 1.807) is 23.3 Å². The highest BCUT2D eigenvalue weighted by atomic mass is 16.5. The lowest BCUT2D eigenvalue weighted by Crippen LogP contribution is -2.45. The highest BCUT2D eigenvalue weighted by Crippen LogP contribution is 2.35. The molecule has 8 heteroatoms.